The van der Waals surface area contributed by atoms with Crippen molar-refractivity contribution in [2.75, 3.05) is 30.0 Å². The van der Waals surface area contributed by atoms with Gasteiger partial charge < -0.3 is 15.0 Å². The van der Waals surface area contributed by atoms with Gasteiger partial charge in [-0.15, -0.1) is 0 Å². The highest BCUT2D eigenvalue weighted by molar-refractivity contribution is 5.98. The van der Waals surface area contributed by atoms with Crippen molar-refractivity contribution >= 4 is 23.3 Å². The van der Waals surface area contributed by atoms with Gasteiger partial charge >= 0.3 is 6.03 Å². The van der Waals surface area contributed by atoms with Crippen LogP contribution in [-0.4, -0.2) is 38.2 Å². The van der Waals surface area contributed by atoms with Gasteiger partial charge in [-0.3, -0.25) is 9.69 Å². The van der Waals surface area contributed by atoms with E-state index in [1.807, 2.05) is 19.1 Å². The summed E-state index contributed by atoms with van der Waals surface area (Å²) in [5.41, 5.74) is 1.37. The number of hydrogen-bond acceptors (Lipinski definition) is 3. The van der Waals surface area contributed by atoms with Crippen molar-refractivity contribution in [1.82, 2.24) is 5.32 Å². The van der Waals surface area contributed by atoms with Gasteiger partial charge in [0.15, 0.2) is 0 Å². The molecular weight excluding hydrogens is 349 g/mol. The Labute approximate surface area is 157 Å². The molecule has 0 saturated carbocycles. The average Bonchev–Trinajstić information content (AvgIpc) is 3.03. The van der Waals surface area contributed by atoms with Crippen LogP contribution in [0.1, 0.15) is 13.3 Å². The van der Waals surface area contributed by atoms with Crippen LogP contribution in [0.25, 0.3) is 0 Å². The van der Waals surface area contributed by atoms with Crippen molar-refractivity contribution in [3.05, 3.63) is 54.3 Å². The Morgan fingerprint density at radius 1 is 1.22 bits per heavy atom. The van der Waals surface area contributed by atoms with Gasteiger partial charge in [0.25, 0.3) is 0 Å². The molecule has 7 heteroatoms. The minimum atomic E-state index is -0.353. The zero-order valence-electron chi connectivity index (χ0n) is 15.3. The Kier molecular flexibility index (Phi) is 5.59. The van der Waals surface area contributed by atoms with Crippen LogP contribution in [0.3, 0.4) is 0 Å². The number of anilines is 2. The van der Waals surface area contributed by atoms with Gasteiger partial charge in [0.05, 0.1) is 13.2 Å². The van der Waals surface area contributed by atoms with Gasteiger partial charge in [-0.2, -0.15) is 0 Å². The van der Waals surface area contributed by atoms with Crippen molar-refractivity contribution < 1.29 is 18.7 Å². The molecule has 0 aliphatic carbocycles. The number of ether oxygens (including phenoxy) is 1. The van der Waals surface area contributed by atoms with Crippen LogP contribution < -0.4 is 19.9 Å². The second-order valence-electron chi connectivity index (χ2n) is 6.27. The molecule has 27 heavy (non-hydrogen) atoms. The minimum absolute atomic E-state index is 0.0978. The first-order chi connectivity index (χ1) is 13.0. The van der Waals surface area contributed by atoms with E-state index >= 15 is 0 Å². The lowest BCUT2D eigenvalue weighted by Crippen LogP contribution is -2.46. The molecule has 0 aromatic heterocycles. The summed E-state index contributed by atoms with van der Waals surface area (Å²) in [7, 11) is 1.59. The summed E-state index contributed by atoms with van der Waals surface area (Å²) >= 11 is 0. The minimum Gasteiger partial charge on any atom is -0.497 e. The lowest BCUT2D eigenvalue weighted by atomic mass is 10.2. The van der Waals surface area contributed by atoms with Crippen molar-refractivity contribution in [1.29, 1.82) is 0 Å². The van der Waals surface area contributed by atoms with Gasteiger partial charge in [0.2, 0.25) is 5.91 Å². The lowest BCUT2D eigenvalue weighted by molar-refractivity contribution is -0.117. The van der Waals surface area contributed by atoms with E-state index in [1.54, 1.807) is 41.2 Å². The molecule has 1 aliphatic rings. The second-order valence-corrected chi connectivity index (χ2v) is 6.27. The second kappa shape index (κ2) is 8.07. The number of methoxy groups -OCH3 is 1. The van der Waals surface area contributed by atoms with Crippen molar-refractivity contribution in [3.8, 4) is 5.75 Å². The van der Waals surface area contributed by atoms with E-state index < -0.39 is 0 Å². The molecule has 1 saturated heterocycles. The SMILES string of the molecule is CCN(C(=O)N[C@@H]1CC(=O)N(c2ccc(F)cc2)C1)c1ccc(OC)cc1. The predicted molar refractivity (Wildman–Crippen MR) is 102 cm³/mol. The Balaban J connectivity index is 1.66. The Bertz CT molecular complexity index is 808. The fourth-order valence-corrected chi connectivity index (χ4v) is 3.13. The summed E-state index contributed by atoms with van der Waals surface area (Å²) in [6, 6.07) is 12.4. The van der Waals surface area contributed by atoms with Gasteiger partial charge in [0.1, 0.15) is 11.6 Å². The number of urea groups is 1. The highest BCUT2D eigenvalue weighted by Crippen LogP contribution is 2.23. The van der Waals surface area contributed by atoms with Crippen LogP contribution in [0.15, 0.2) is 48.5 Å². The molecular formula is C20H22FN3O3. The summed E-state index contributed by atoms with van der Waals surface area (Å²) in [5.74, 6) is 0.263. The maximum absolute atomic E-state index is 13.1. The number of carbonyl (C=O) groups is 2. The summed E-state index contributed by atoms with van der Waals surface area (Å²) < 4.78 is 18.2. The summed E-state index contributed by atoms with van der Waals surface area (Å²) in [6.07, 6.45) is 0.212. The van der Waals surface area contributed by atoms with Gasteiger partial charge in [-0.1, -0.05) is 0 Å². The summed E-state index contributed by atoms with van der Waals surface area (Å²) in [4.78, 5) is 28.1. The molecule has 1 N–H and O–H groups in total. The maximum Gasteiger partial charge on any atom is 0.322 e. The predicted octanol–water partition coefficient (Wildman–Crippen LogP) is 3.18. The van der Waals surface area contributed by atoms with E-state index in [-0.39, 0.29) is 30.2 Å². The number of nitrogens with zero attached hydrogens (tertiary/aromatic N) is 2. The number of benzene rings is 2. The fourth-order valence-electron chi connectivity index (χ4n) is 3.13. The fraction of sp³-hybridized carbons (Fsp3) is 0.300. The molecule has 0 radical (unpaired) electrons. The first kappa shape index (κ1) is 18.7. The van der Waals surface area contributed by atoms with Crippen LogP contribution >= 0.6 is 0 Å². The summed E-state index contributed by atoms with van der Waals surface area (Å²) in [6.45, 7) is 2.73. The number of carbonyl (C=O) groups excluding carboxylic acids is 2. The van der Waals surface area contributed by atoms with E-state index in [4.69, 9.17) is 4.74 Å². The number of halogens is 1. The van der Waals surface area contributed by atoms with E-state index in [0.29, 0.717) is 24.5 Å². The molecule has 0 bridgehead atoms. The van der Waals surface area contributed by atoms with Gasteiger partial charge in [-0.05, 0) is 55.5 Å². The average molecular weight is 371 g/mol. The smallest absolute Gasteiger partial charge is 0.322 e. The van der Waals surface area contributed by atoms with Crippen molar-refractivity contribution in [2.45, 2.75) is 19.4 Å². The Hall–Kier alpha value is -3.09. The monoisotopic (exact) mass is 371 g/mol. The molecule has 3 amide bonds. The van der Waals surface area contributed by atoms with Crippen molar-refractivity contribution in [3.63, 3.8) is 0 Å². The molecule has 2 aromatic carbocycles. The quantitative estimate of drug-likeness (QED) is 0.878. The molecule has 1 atom stereocenters. The molecule has 1 fully saturated rings. The third kappa shape index (κ3) is 4.19. The molecule has 0 unspecified atom stereocenters. The standard InChI is InChI=1S/C20H22FN3O3/c1-3-23(16-8-10-18(27-2)11-9-16)20(26)22-15-12-19(25)24(13-15)17-6-4-14(21)5-7-17/h4-11,15H,3,12-13H2,1-2H3,(H,22,26)/t15-/m1/s1. The molecule has 0 spiro atoms. The van der Waals surface area contributed by atoms with Crippen LogP contribution in [0.5, 0.6) is 5.75 Å². The number of hydrogen-bond donors (Lipinski definition) is 1. The molecule has 3 rings (SSSR count). The van der Waals surface area contributed by atoms with Crippen LogP contribution in [-0.2, 0) is 4.79 Å². The van der Waals surface area contributed by atoms with E-state index in [2.05, 4.69) is 5.32 Å². The van der Waals surface area contributed by atoms with Gasteiger partial charge in [-0.25, -0.2) is 9.18 Å². The number of amides is 3. The Morgan fingerprint density at radius 3 is 2.48 bits per heavy atom. The molecule has 2 aromatic rings. The molecule has 142 valence electrons. The zero-order valence-corrected chi connectivity index (χ0v) is 15.3. The maximum atomic E-state index is 13.1. The van der Waals surface area contributed by atoms with E-state index in [0.717, 1.165) is 5.69 Å². The van der Waals surface area contributed by atoms with Crippen molar-refractivity contribution in [2.24, 2.45) is 0 Å². The van der Waals surface area contributed by atoms with E-state index in [1.165, 1.54) is 12.1 Å². The topological polar surface area (TPSA) is 61.9 Å². The highest BCUT2D eigenvalue weighted by atomic mass is 19.1. The van der Waals surface area contributed by atoms with Gasteiger partial charge in [0, 0.05) is 30.9 Å². The number of nitrogens with one attached hydrogen (secondary N) is 1. The zero-order chi connectivity index (χ0) is 19.4. The lowest BCUT2D eigenvalue weighted by Gasteiger charge is -2.24. The summed E-state index contributed by atoms with van der Waals surface area (Å²) in [5, 5.41) is 2.92. The van der Waals surface area contributed by atoms with Crippen LogP contribution in [0.2, 0.25) is 0 Å². The number of rotatable bonds is 5. The third-order valence-corrected chi connectivity index (χ3v) is 4.54. The highest BCUT2D eigenvalue weighted by Gasteiger charge is 2.32. The first-order valence-corrected chi connectivity index (χ1v) is 8.80. The van der Waals surface area contributed by atoms with E-state index in [9.17, 15) is 14.0 Å². The molecule has 1 aliphatic heterocycles. The van der Waals surface area contributed by atoms with Crippen LogP contribution in [0, 0.1) is 5.82 Å². The largest absolute Gasteiger partial charge is 0.497 e. The Morgan fingerprint density at radius 2 is 1.89 bits per heavy atom. The van der Waals surface area contributed by atoms with Crippen LogP contribution in [0.4, 0.5) is 20.6 Å². The third-order valence-electron chi connectivity index (χ3n) is 4.54. The first-order valence-electron chi connectivity index (χ1n) is 8.80. The molecule has 1 heterocycles. The molecule has 6 nitrogen and oxygen atoms in total. The normalized spacial score (nSPS) is 16.3.